The molecule has 3 aliphatic heterocycles. The lowest BCUT2D eigenvalue weighted by molar-refractivity contribution is -0.135. The van der Waals surface area contributed by atoms with Crippen LogP contribution in [0.15, 0.2) is 0 Å². The van der Waals surface area contributed by atoms with Crippen LogP contribution < -0.4 is 0 Å². The number of amides is 1. The molecule has 3 fully saturated rings. The molecule has 0 aliphatic carbocycles. The number of Topliss-reactive ketones (excluding diaryl/α,β-unsaturated/α-hetero) is 1. The molecule has 0 N–H and O–H groups in total. The van der Waals surface area contributed by atoms with Gasteiger partial charge in [-0.25, -0.2) is 0 Å². The number of piperidine rings is 1. The van der Waals surface area contributed by atoms with Crippen molar-refractivity contribution in [2.75, 3.05) is 45.8 Å². The summed E-state index contributed by atoms with van der Waals surface area (Å²) < 4.78 is 0. The summed E-state index contributed by atoms with van der Waals surface area (Å²) in [5, 5.41) is 0. The highest BCUT2D eigenvalue weighted by atomic mass is 16.2. The SMILES string of the molecule is O=C1CCN(C(=O)CN2CCCN3CCCC3C2)CC1. The van der Waals surface area contributed by atoms with Crippen LogP contribution in [0.25, 0.3) is 0 Å². The molecule has 5 heteroatoms. The molecule has 1 unspecified atom stereocenters. The van der Waals surface area contributed by atoms with Gasteiger partial charge >= 0.3 is 0 Å². The second-order valence-corrected chi connectivity index (χ2v) is 6.34. The summed E-state index contributed by atoms with van der Waals surface area (Å²) in [6.45, 7) is 6.29. The van der Waals surface area contributed by atoms with Gasteiger partial charge in [0.1, 0.15) is 5.78 Å². The lowest BCUT2D eigenvalue weighted by Crippen LogP contribution is -2.46. The Balaban J connectivity index is 1.51. The fourth-order valence-corrected chi connectivity index (χ4v) is 3.72. The number of carbonyl (C=O) groups is 2. The second kappa shape index (κ2) is 6.22. The Morgan fingerprint density at radius 3 is 2.60 bits per heavy atom. The molecule has 0 spiro atoms. The predicted octanol–water partition coefficient (Wildman–Crippen LogP) is 0.348. The van der Waals surface area contributed by atoms with Crippen LogP contribution in [0.4, 0.5) is 0 Å². The van der Waals surface area contributed by atoms with Gasteiger partial charge in [0.2, 0.25) is 5.91 Å². The van der Waals surface area contributed by atoms with Crippen molar-refractivity contribution in [3.05, 3.63) is 0 Å². The molecule has 0 aromatic carbocycles. The summed E-state index contributed by atoms with van der Waals surface area (Å²) in [4.78, 5) is 30.4. The van der Waals surface area contributed by atoms with Gasteiger partial charge in [-0.1, -0.05) is 0 Å². The number of carbonyl (C=O) groups excluding carboxylic acids is 2. The molecule has 3 aliphatic rings. The smallest absolute Gasteiger partial charge is 0.236 e. The van der Waals surface area contributed by atoms with E-state index in [1.807, 2.05) is 4.90 Å². The Morgan fingerprint density at radius 2 is 1.80 bits per heavy atom. The summed E-state index contributed by atoms with van der Waals surface area (Å²) in [5.41, 5.74) is 0. The molecule has 0 radical (unpaired) electrons. The second-order valence-electron chi connectivity index (χ2n) is 6.34. The Labute approximate surface area is 120 Å². The molecule has 1 atom stereocenters. The maximum atomic E-state index is 12.3. The van der Waals surface area contributed by atoms with E-state index in [2.05, 4.69) is 9.80 Å². The van der Waals surface area contributed by atoms with Crippen molar-refractivity contribution in [3.63, 3.8) is 0 Å². The Kier molecular flexibility index (Phi) is 4.36. The minimum Gasteiger partial charge on any atom is -0.341 e. The Bertz CT molecular complexity index is 375. The summed E-state index contributed by atoms with van der Waals surface area (Å²) in [5.74, 6) is 0.509. The normalized spacial score (nSPS) is 29.3. The molecule has 20 heavy (non-hydrogen) atoms. The molecule has 0 bridgehead atoms. The Morgan fingerprint density at radius 1 is 1.05 bits per heavy atom. The molecule has 0 aromatic rings. The van der Waals surface area contributed by atoms with E-state index in [-0.39, 0.29) is 5.91 Å². The first-order valence-corrected chi connectivity index (χ1v) is 7.98. The predicted molar refractivity (Wildman–Crippen MR) is 76.5 cm³/mol. The number of ketones is 1. The van der Waals surface area contributed by atoms with Crippen molar-refractivity contribution in [2.45, 2.75) is 38.1 Å². The number of hydrogen-bond acceptors (Lipinski definition) is 4. The summed E-state index contributed by atoms with van der Waals surface area (Å²) >= 11 is 0. The molecule has 3 rings (SSSR count). The summed E-state index contributed by atoms with van der Waals surface area (Å²) in [7, 11) is 0. The molecule has 0 saturated carbocycles. The van der Waals surface area contributed by atoms with E-state index < -0.39 is 0 Å². The zero-order valence-corrected chi connectivity index (χ0v) is 12.2. The maximum absolute atomic E-state index is 12.3. The van der Waals surface area contributed by atoms with E-state index in [4.69, 9.17) is 0 Å². The van der Waals surface area contributed by atoms with Gasteiger partial charge in [0.25, 0.3) is 0 Å². The largest absolute Gasteiger partial charge is 0.341 e. The van der Waals surface area contributed by atoms with Crippen LogP contribution in [0.5, 0.6) is 0 Å². The van der Waals surface area contributed by atoms with Gasteiger partial charge in [-0.3, -0.25) is 19.4 Å². The van der Waals surface area contributed by atoms with Gasteiger partial charge in [-0.2, -0.15) is 0 Å². The van der Waals surface area contributed by atoms with E-state index >= 15 is 0 Å². The molecule has 112 valence electrons. The lowest BCUT2D eigenvalue weighted by atomic mass is 10.1. The van der Waals surface area contributed by atoms with Crippen LogP contribution in [0.2, 0.25) is 0 Å². The number of hydrogen-bond donors (Lipinski definition) is 0. The van der Waals surface area contributed by atoms with Gasteiger partial charge in [-0.15, -0.1) is 0 Å². The standard InChI is InChI=1S/C15H25N3O2/c19-14-4-9-18(10-5-14)15(20)12-16-6-2-8-17-7-1-3-13(17)11-16/h13H,1-12H2. The molecule has 1 amide bonds. The number of fused-ring (bicyclic) bond motifs is 1. The van der Waals surface area contributed by atoms with Gasteiger partial charge in [0.05, 0.1) is 6.54 Å². The van der Waals surface area contributed by atoms with Crippen LogP contribution in [-0.4, -0.2) is 78.2 Å². The minimum atomic E-state index is 0.212. The molecule has 0 aromatic heterocycles. The molecule has 5 nitrogen and oxygen atoms in total. The zero-order chi connectivity index (χ0) is 13.9. The van der Waals surface area contributed by atoms with Crippen molar-refractivity contribution in [3.8, 4) is 0 Å². The topological polar surface area (TPSA) is 43.9 Å². The van der Waals surface area contributed by atoms with E-state index in [0.29, 0.717) is 44.3 Å². The highest BCUT2D eigenvalue weighted by Crippen LogP contribution is 2.21. The lowest BCUT2D eigenvalue weighted by Gasteiger charge is -2.30. The average molecular weight is 279 g/mol. The van der Waals surface area contributed by atoms with Crippen molar-refractivity contribution < 1.29 is 9.59 Å². The monoisotopic (exact) mass is 279 g/mol. The molecular formula is C15H25N3O2. The maximum Gasteiger partial charge on any atom is 0.236 e. The first-order valence-electron chi connectivity index (χ1n) is 7.98. The average Bonchev–Trinajstić information content (AvgIpc) is 2.78. The minimum absolute atomic E-state index is 0.212. The van der Waals surface area contributed by atoms with Gasteiger partial charge in [0, 0.05) is 38.5 Å². The van der Waals surface area contributed by atoms with E-state index in [9.17, 15) is 9.59 Å². The van der Waals surface area contributed by atoms with Crippen molar-refractivity contribution in [1.29, 1.82) is 0 Å². The highest BCUT2D eigenvalue weighted by Gasteiger charge is 2.30. The molecule has 3 saturated heterocycles. The number of nitrogens with zero attached hydrogens (tertiary/aromatic N) is 3. The third kappa shape index (κ3) is 3.20. The van der Waals surface area contributed by atoms with Crippen LogP contribution in [0, 0.1) is 0 Å². The van der Waals surface area contributed by atoms with E-state index in [1.165, 1.54) is 32.4 Å². The highest BCUT2D eigenvalue weighted by molar-refractivity contribution is 5.84. The summed E-state index contributed by atoms with van der Waals surface area (Å²) in [6.07, 6.45) is 4.84. The van der Waals surface area contributed by atoms with Gasteiger partial charge in [0.15, 0.2) is 0 Å². The van der Waals surface area contributed by atoms with Crippen LogP contribution in [0.3, 0.4) is 0 Å². The van der Waals surface area contributed by atoms with Crippen LogP contribution >= 0.6 is 0 Å². The fraction of sp³-hybridized carbons (Fsp3) is 0.867. The zero-order valence-electron chi connectivity index (χ0n) is 12.2. The van der Waals surface area contributed by atoms with E-state index in [0.717, 1.165) is 13.1 Å². The third-order valence-electron chi connectivity index (χ3n) is 4.92. The van der Waals surface area contributed by atoms with Crippen molar-refractivity contribution in [2.24, 2.45) is 0 Å². The van der Waals surface area contributed by atoms with Crippen molar-refractivity contribution in [1.82, 2.24) is 14.7 Å². The van der Waals surface area contributed by atoms with Crippen LogP contribution in [0.1, 0.15) is 32.1 Å². The third-order valence-corrected chi connectivity index (χ3v) is 4.92. The fourth-order valence-electron chi connectivity index (χ4n) is 3.72. The van der Waals surface area contributed by atoms with Gasteiger partial charge < -0.3 is 4.90 Å². The molecular weight excluding hydrogens is 254 g/mol. The quantitative estimate of drug-likeness (QED) is 0.731. The first kappa shape index (κ1) is 14.0. The number of rotatable bonds is 2. The summed E-state index contributed by atoms with van der Waals surface area (Å²) in [6, 6.07) is 0.660. The molecule has 3 heterocycles. The first-order chi connectivity index (χ1) is 9.72. The Hall–Kier alpha value is -0.940. The van der Waals surface area contributed by atoms with Gasteiger partial charge in [-0.05, 0) is 38.9 Å². The van der Waals surface area contributed by atoms with Crippen LogP contribution in [-0.2, 0) is 9.59 Å². The van der Waals surface area contributed by atoms with E-state index in [1.54, 1.807) is 0 Å². The van der Waals surface area contributed by atoms with Crippen molar-refractivity contribution >= 4 is 11.7 Å². The number of likely N-dealkylation sites (tertiary alicyclic amines) is 1.